The molecule has 3 heteroatoms. The summed E-state index contributed by atoms with van der Waals surface area (Å²) in [6.45, 7) is 5.01. The SMILES string of the molecule is CCN(Cc1ccccc1)c1cc(Br)ccc1CNC. The van der Waals surface area contributed by atoms with Gasteiger partial charge in [0.2, 0.25) is 0 Å². The molecule has 0 aliphatic rings. The van der Waals surface area contributed by atoms with Crippen LogP contribution in [-0.4, -0.2) is 13.6 Å². The number of hydrogen-bond acceptors (Lipinski definition) is 2. The summed E-state index contributed by atoms with van der Waals surface area (Å²) in [5, 5.41) is 3.24. The minimum absolute atomic E-state index is 0.883. The lowest BCUT2D eigenvalue weighted by atomic mass is 10.1. The standard InChI is InChI=1S/C17H21BrN2/c1-3-20(13-14-7-5-4-6-8-14)17-11-16(18)10-9-15(17)12-19-2/h4-11,19H,3,12-13H2,1-2H3. The summed E-state index contributed by atoms with van der Waals surface area (Å²) in [4.78, 5) is 2.41. The third-order valence-electron chi connectivity index (χ3n) is 3.35. The molecule has 0 aliphatic carbocycles. The van der Waals surface area contributed by atoms with Gasteiger partial charge in [-0.15, -0.1) is 0 Å². The summed E-state index contributed by atoms with van der Waals surface area (Å²) >= 11 is 3.58. The Morgan fingerprint density at radius 3 is 2.50 bits per heavy atom. The molecule has 0 saturated carbocycles. The summed E-state index contributed by atoms with van der Waals surface area (Å²) in [5.41, 5.74) is 3.96. The Hall–Kier alpha value is -1.32. The molecule has 0 aromatic heterocycles. The fourth-order valence-electron chi connectivity index (χ4n) is 2.34. The first kappa shape index (κ1) is 15.1. The van der Waals surface area contributed by atoms with Crippen molar-refractivity contribution in [2.45, 2.75) is 20.0 Å². The van der Waals surface area contributed by atoms with Crippen molar-refractivity contribution in [3.05, 3.63) is 64.1 Å². The second kappa shape index (κ2) is 7.46. The molecular weight excluding hydrogens is 312 g/mol. The number of rotatable bonds is 6. The smallest absolute Gasteiger partial charge is 0.0429 e. The highest BCUT2D eigenvalue weighted by Crippen LogP contribution is 2.26. The van der Waals surface area contributed by atoms with Crippen molar-refractivity contribution in [1.82, 2.24) is 5.32 Å². The minimum Gasteiger partial charge on any atom is -0.367 e. The summed E-state index contributed by atoms with van der Waals surface area (Å²) in [7, 11) is 1.99. The first-order chi connectivity index (χ1) is 9.74. The third-order valence-corrected chi connectivity index (χ3v) is 3.85. The average Bonchev–Trinajstić information content (AvgIpc) is 2.48. The van der Waals surface area contributed by atoms with Crippen molar-refractivity contribution < 1.29 is 0 Å². The Bertz CT molecular complexity index is 540. The summed E-state index contributed by atoms with van der Waals surface area (Å²) in [6.07, 6.45) is 0. The molecule has 0 spiro atoms. The maximum absolute atomic E-state index is 3.58. The second-order valence-corrected chi connectivity index (χ2v) is 5.72. The van der Waals surface area contributed by atoms with Crippen LogP contribution in [0.4, 0.5) is 5.69 Å². The van der Waals surface area contributed by atoms with E-state index in [9.17, 15) is 0 Å². The Labute approximate surface area is 129 Å². The highest BCUT2D eigenvalue weighted by Gasteiger charge is 2.10. The maximum atomic E-state index is 3.58. The molecule has 106 valence electrons. The van der Waals surface area contributed by atoms with Crippen LogP contribution in [0.3, 0.4) is 0 Å². The van der Waals surface area contributed by atoms with Crippen molar-refractivity contribution in [3.8, 4) is 0 Å². The van der Waals surface area contributed by atoms with Crippen LogP contribution in [0.5, 0.6) is 0 Å². The molecule has 0 aliphatic heterocycles. The number of nitrogens with one attached hydrogen (secondary N) is 1. The first-order valence-electron chi connectivity index (χ1n) is 6.96. The lowest BCUT2D eigenvalue weighted by Crippen LogP contribution is -2.24. The molecule has 0 bridgehead atoms. The van der Waals surface area contributed by atoms with Gasteiger partial charge in [-0.25, -0.2) is 0 Å². The Kier molecular flexibility index (Phi) is 5.62. The van der Waals surface area contributed by atoms with Gasteiger partial charge in [0.1, 0.15) is 0 Å². The van der Waals surface area contributed by atoms with Gasteiger partial charge in [-0.2, -0.15) is 0 Å². The molecule has 0 amide bonds. The molecule has 0 unspecified atom stereocenters. The molecule has 1 N–H and O–H groups in total. The van der Waals surface area contributed by atoms with Gasteiger partial charge in [0, 0.05) is 29.8 Å². The second-order valence-electron chi connectivity index (χ2n) is 4.80. The molecule has 0 fully saturated rings. The van der Waals surface area contributed by atoms with E-state index < -0.39 is 0 Å². The van der Waals surface area contributed by atoms with Crippen molar-refractivity contribution >= 4 is 21.6 Å². The predicted octanol–water partition coefficient (Wildman–Crippen LogP) is 4.20. The van der Waals surface area contributed by atoms with E-state index in [1.54, 1.807) is 0 Å². The lowest BCUT2D eigenvalue weighted by molar-refractivity contribution is 0.784. The molecule has 20 heavy (non-hydrogen) atoms. The van der Waals surface area contributed by atoms with Gasteiger partial charge in [0.05, 0.1) is 0 Å². The molecule has 2 rings (SSSR count). The topological polar surface area (TPSA) is 15.3 Å². The fourth-order valence-corrected chi connectivity index (χ4v) is 2.69. The van der Waals surface area contributed by atoms with Gasteiger partial charge >= 0.3 is 0 Å². The van der Waals surface area contributed by atoms with E-state index in [0.717, 1.165) is 24.1 Å². The number of halogens is 1. The van der Waals surface area contributed by atoms with Crippen LogP contribution in [0.25, 0.3) is 0 Å². The van der Waals surface area contributed by atoms with Gasteiger partial charge in [-0.05, 0) is 37.2 Å². The minimum atomic E-state index is 0.883. The normalized spacial score (nSPS) is 10.6. The zero-order chi connectivity index (χ0) is 14.4. The van der Waals surface area contributed by atoms with Gasteiger partial charge in [-0.1, -0.05) is 52.3 Å². The summed E-state index contributed by atoms with van der Waals surface area (Å²) in [6, 6.07) is 17.1. The van der Waals surface area contributed by atoms with Gasteiger partial charge in [0.25, 0.3) is 0 Å². The van der Waals surface area contributed by atoms with E-state index >= 15 is 0 Å². The van der Waals surface area contributed by atoms with Crippen molar-refractivity contribution in [2.75, 3.05) is 18.5 Å². The Morgan fingerprint density at radius 1 is 1.10 bits per heavy atom. The van der Waals surface area contributed by atoms with E-state index in [4.69, 9.17) is 0 Å². The van der Waals surface area contributed by atoms with E-state index in [0.29, 0.717) is 0 Å². The van der Waals surface area contributed by atoms with Gasteiger partial charge in [0.15, 0.2) is 0 Å². The first-order valence-corrected chi connectivity index (χ1v) is 7.75. The van der Waals surface area contributed by atoms with Gasteiger partial charge < -0.3 is 10.2 Å². The van der Waals surface area contributed by atoms with Crippen LogP contribution in [0, 0.1) is 0 Å². The quantitative estimate of drug-likeness (QED) is 0.852. The molecule has 2 aromatic rings. The Balaban J connectivity index is 2.28. The molecule has 0 saturated heterocycles. The largest absolute Gasteiger partial charge is 0.367 e. The van der Waals surface area contributed by atoms with Crippen LogP contribution in [0.1, 0.15) is 18.1 Å². The van der Waals surface area contributed by atoms with E-state index in [-0.39, 0.29) is 0 Å². The van der Waals surface area contributed by atoms with Gasteiger partial charge in [-0.3, -0.25) is 0 Å². The zero-order valence-corrected chi connectivity index (χ0v) is 13.7. The zero-order valence-electron chi connectivity index (χ0n) is 12.1. The average molecular weight is 333 g/mol. The van der Waals surface area contributed by atoms with Crippen molar-refractivity contribution in [2.24, 2.45) is 0 Å². The van der Waals surface area contributed by atoms with Crippen LogP contribution in [-0.2, 0) is 13.1 Å². The summed E-state index contributed by atoms with van der Waals surface area (Å²) < 4.78 is 1.12. The molecule has 0 atom stereocenters. The highest BCUT2D eigenvalue weighted by atomic mass is 79.9. The number of hydrogen-bond donors (Lipinski definition) is 1. The molecular formula is C17H21BrN2. The van der Waals surface area contributed by atoms with Crippen LogP contribution < -0.4 is 10.2 Å². The fraction of sp³-hybridized carbons (Fsp3) is 0.294. The van der Waals surface area contributed by atoms with E-state index in [1.165, 1.54) is 16.8 Å². The van der Waals surface area contributed by atoms with Crippen LogP contribution in [0.15, 0.2) is 53.0 Å². The van der Waals surface area contributed by atoms with Crippen LogP contribution >= 0.6 is 15.9 Å². The predicted molar refractivity (Wildman–Crippen MR) is 90.1 cm³/mol. The van der Waals surface area contributed by atoms with E-state index in [2.05, 4.69) is 81.6 Å². The highest BCUT2D eigenvalue weighted by molar-refractivity contribution is 9.10. The number of nitrogens with zero attached hydrogens (tertiary/aromatic N) is 1. The van der Waals surface area contributed by atoms with Crippen molar-refractivity contribution in [3.63, 3.8) is 0 Å². The molecule has 2 nitrogen and oxygen atoms in total. The lowest BCUT2D eigenvalue weighted by Gasteiger charge is -2.26. The van der Waals surface area contributed by atoms with Crippen molar-refractivity contribution in [1.29, 1.82) is 0 Å². The number of benzene rings is 2. The third kappa shape index (κ3) is 3.84. The molecule has 0 heterocycles. The van der Waals surface area contributed by atoms with Crippen LogP contribution in [0.2, 0.25) is 0 Å². The Morgan fingerprint density at radius 2 is 1.85 bits per heavy atom. The van der Waals surface area contributed by atoms with E-state index in [1.807, 2.05) is 7.05 Å². The summed E-state index contributed by atoms with van der Waals surface area (Å²) in [5.74, 6) is 0. The molecule has 2 aromatic carbocycles. The molecule has 0 radical (unpaired) electrons. The monoisotopic (exact) mass is 332 g/mol. The maximum Gasteiger partial charge on any atom is 0.0429 e. The number of anilines is 1.